The van der Waals surface area contributed by atoms with Crippen LogP contribution in [-0.4, -0.2) is 34.7 Å². The van der Waals surface area contributed by atoms with Crippen LogP contribution in [0.3, 0.4) is 0 Å². The number of Topliss-reactive ketones (excluding diaryl/α,β-unsaturated/α-hetero) is 1. The molecule has 0 bridgehead atoms. The number of ether oxygens (including phenoxy) is 1. The lowest BCUT2D eigenvalue weighted by Gasteiger charge is -2.27. The molecule has 1 heterocycles. The lowest BCUT2D eigenvalue weighted by molar-refractivity contribution is -0.147. The van der Waals surface area contributed by atoms with E-state index in [0.717, 1.165) is 5.56 Å². The van der Waals surface area contributed by atoms with Gasteiger partial charge in [-0.15, -0.1) is 0 Å². The number of ketones is 1. The van der Waals surface area contributed by atoms with E-state index >= 15 is 0 Å². The SMILES string of the molecule is CC(=O)O[C@H]1CC(=O)N(Cc2ccccc2)[C@@H]1CC(=O)c1ccccc1. The fourth-order valence-corrected chi connectivity index (χ4v) is 3.30. The molecule has 134 valence electrons. The standard InChI is InChI=1S/C21H21NO4/c1-15(23)26-20-13-21(25)22(14-16-8-4-2-5-9-16)18(20)12-19(24)17-10-6-3-7-11-17/h2-11,18,20H,12-14H2,1H3/t18-,20+/m1/s1. The summed E-state index contributed by atoms with van der Waals surface area (Å²) in [5.41, 5.74) is 1.56. The van der Waals surface area contributed by atoms with E-state index in [1.807, 2.05) is 36.4 Å². The van der Waals surface area contributed by atoms with E-state index in [0.29, 0.717) is 12.1 Å². The molecule has 1 aliphatic rings. The normalized spacial score (nSPS) is 19.4. The van der Waals surface area contributed by atoms with E-state index in [9.17, 15) is 14.4 Å². The molecule has 5 heteroatoms. The third-order valence-electron chi connectivity index (χ3n) is 4.53. The molecule has 1 fully saturated rings. The van der Waals surface area contributed by atoms with Crippen molar-refractivity contribution in [2.75, 3.05) is 0 Å². The zero-order valence-electron chi connectivity index (χ0n) is 14.6. The number of carbonyl (C=O) groups excluding carboxylic acids is 3. The highest BCUT2D eigenvalue weighted by atomic mass is 16.5. The van der Waals surface area contributed by atoms with Gasteiger partial charge in [0.15, 0.2) is 5.78 Å². The molecule has 0 N–H and O–H groups in total. The van der Waals surface area contributed by atoms with Crippen LogP contribution in [0.15, 0.2) is 60.7 Å². The minimum absolute atomic E-state index is 0.0690. The van der Waals surface area contributed by atoms with E-state index in [4.69, 9.17) is 4.74 Å². The maximum Gasteiger partial charge on any atom is 0.302 e. The second-order valence-corrected chi connectivity index (χ2v) is 6.42. The van der Waals surface area contributed by atoms with Crippen LogP contribution in [-0.2, 0) is 20.9 Å². The van der Waals surface area contributed by atoms with Gasteiger partial charge in [-0.2, -0.15) is 0 Å². The predicted molar refractivity (Wildman–Crippen MR) is 96.3 cm³/mol. The van der Waals surface area contributed by atoms with Crippen molar-refractivity contribution in [2.24, 2.45) is 0 Å². The van der Waals surface area contributed by atoms with Gasteiger partial charge >= 0.3 is 5.97 Å². The average Bonchev–Trinajstić information content (AvgIpc) is 2.91. The maximum atomic E-state index is 12.7. The highest BCUT2D eigenvalue weighted by molar-refractivity contribution is 5.97. The molecule has 2 atom stereocenters. The van der Waals surface area contributed by atoms with Crippen LogP contribution in [0.2, 0.25) is 0 Å². The number of amides is 1. The number of likely N-dealkylation sites (tertiary alicyclic amines) is 1. The summed E-state index contributed by atoms with van der Waals surface area (Å²) in [5, 5.41) is 0. The molecule has 0 radical (unpaired) electrons. The summed E-state index contributed by atoms with van der Waals surface area (Å²) >= 11 is 0. The molecule has 2 aromatic rings. The first-order valence-electron chi connectivity index (χ1n) is 8.63. The molecule has 0 aliphatic carbocycles. The quantitative estimate of drug-likeness (QED) is 0.593. The van der Waals surface area contributed by atoms with Gasteiger partial charge in [0.2, 0.25) is 5.91 Å². The highest BCUT2D eigenvalue weighted by Gasteiger charge is 2.42. The molecule has 1 saturated heterocycles. The van der Waals surface area contributed by atoms with E-state index in [2.05, 4.69) is 0 Å². The molecule has 26 heavy (non-hydrogen) atoms. The van der Waals surface area contributed by atoms with Crippen molar-refractivity contribution >= 4 is 17.7 Å². The molecular formula is C21H21NO4. The summed E-state index contributed by atoms with van der Waals surface area (Å²) in [4.78, 5) is 38.3. The van der Waals surface area contributed by atoms with Gasteiger partial charge in [-0.3, -0.25) is 14.4 Å². The Bertz CT molecular complexity index is 788. The van der Waals surface area contributed by atoms with Gasteiger partial charge in [0.1, 0.15) is 6.10 Å². The van der Waals surface area contributed by atoms with Crippen molar-refractivity contribution in [3.05, 3.63) is 71.8 Å². The van der Waals surface area contributed by atoms with Crippen molar-refractivity contribution < 1.29 is 19.1 Å². The van der Waals surface area contributed by atoms with Crippen molar-refractivity contribution in [3.63, 3.8) is 0 Å². The monoisotopic (exact) mass is 351 g/mol. The summed E-state index contributed by atoms with van der Waals surface area (Å²) < 4.78 is 5.35. The van der Waals surface area contributed by atoms with Gasteiger partial charge in [0, 0.05) is 25.5 Å². The van der Waals surface area contributed by atoms with Crippen LogP contribution >= 0.6 is 0 Å². The first kappa shape index (κ1) is 17.9. The number of hydrogen-bond acceptors (Lipinski definition) is 4. The number of carbonyl (C=O) groups is 3. The molecule has 3 rings (SSSR count). The predicted octanol–water partition coefficient (Wildman–Crippen LogP) is 2.99. The Hall–Kier alpha value is -2.95. The van der Waals surface area contributed by atoms with Crippen LogP contribution in [0.5, 0.6) is 0 Å². The Morgan fingerprint density at radius 1 is 1.04 bits per heavy atom. The number of rotatable bonds is 6. The Morgan fingerprint density at radius 2 is 1.65 bits per heavy atom. The Labute approximate surface area is 152 Å². The first-order valence-corrected chi connectivity index (χ1v) is 8.63. The highest BCUT2D eigenvalue weighted by Crippen LogP contribution is 2.28. The summed E-state index contributed by atoms with van der Waals surface area (Å²) in [6.45, 7) is 1.71. The van der Waals surface area contributed by atoms with Gasteiger partial charge in [-0.25, -0.2) is 0 Å². The number of hydrogen-bond donors (Lipinski definition) is 0. The summed E-state index contributed by atoms with van der Waals surface area (Å²) in [6, 6.07) is 18.1. The smallest absolute Gasteiger partial charge is 0.302 e. The number of esters is 1. The number of nitrogens with zero attached hydrogens (tertiary/aromatic N) is 1. The first-order chi connectivity index (χ1) is 12.5. The van der Waals surface area contributed by atoms with Crippen molar-refractivity contribution in [1.82, 2.24) is 4.90 Å². The van der Waals surface area contributed by atoms with Crippen LogP contribution in [0.1, 0.15) is 35.7 Å². The molecular weight excluding hydrogens is 330 g/mol. The second kappa shape index (κ2) is 7.95. The van der Waals surface area contributed by atoms with Gasteiger partial charge < -0.3 is 9.64 Å². The summed E-state index contributed by atoms with van der Waals surface area (Å²) in [6.07, 6.45) is -0.365. The topological polar surface area (TPSA) is 63.7 Å². The minimum Gasteiger partial charge on any atom is -0.460 e. The largest absolute Gasteiger partial charge is 0.460 e. The second-order valence-electron chi connectivity index (χ2n) is 6.42. The van der Waals surface area contributed by atoms with Crippen LogP contribution in [0.25, 0.3) is 0 Å². The summed E-state index contributed by atoms with van der Waals surface area (Å²) in [5.74, 6) is -0.618. The fraction of sp³-hybridized carbons (Fsp3) is 0.286. The molecule has 1 amide bonds. The van der Waals surface area contributed by atoms with E-state index in [1.54, 1.807) is 29.2 Å². The van der Waals surface area contributed by atoms with Gasteiger partial charge in [0.05, 0.1) is 12.5 Å². The lowest BCUT2D eigenvalue weighted by atomic mass is 10.00. The van der Waals surface area contributed by atoms with E-state index in [-0.39, 0.29) is 24.5 Å². The zero-order chi connectivity index (χ0) is 18.5. The molecule has 0 spiro atoms. The van der Waals surface area contributed by atoms with Gasteiger partial charge in [-0.05, 0) is 5.56 Å². The van der Waals surface area contributed by atoms with Crippen LogP contribution in [0.4, 0.5) is 0 Å². The fourth-order valence-electron chi connectivity index (χ4n) is 3.30. The van der Waals surface area contributed by atoms with Crippen molar-refractivity contribution in [2.45, 2.75) is 38.5 Å². The van der Waals surface area contributed by atoms with Crippen LogP contribution in [0, 0.1) is 0 Å². The Morgan fingerprint density at radius 3 is 2.27 bits per heavy atom. The molecule has 1 aliphatic heterocycles. The Balaban J connectivity index is 1.82. The third-order valence-corrected chi connectivity index (χ3v) is 4.53. The zero-order valence-corrected chi connectivity index (χ0v) is 14.6. The van der Waals surface area contributed by atoms with Gasteiger partial charge in [0.25, 0.3) is 0 Å². The molecule has 2 aromatic carbocycles. The molecule has 0 saturated carbocycles. The van der Waals surface area contributed by atoms with Gasteiger partial charge in [-0.1, -0.05) is 60.7 Å². The summed E-state index contributed by atoms with van der Waals surface area (Å²) in [7, 11) is 0. The van der Waals surface area contributed by atoms with E-state index in [1.165, 1.54) is 6.92 Å². The third kappa shape index (κ3) is 4.17. The number of benzene rings is 2. The van der Waals surface area contributed by atoms with Crippen molar-refractivity contribution in [3.8, 4) is 0 Å². The van der Waals surface area contributed by atoms with Crippen LogP contribution < -0.4 is 0 Å². The minimum atomic E-state index is -0.601. The van der Waals surface area contributed by atoms with Crippen molar-refractivity contribution in [1.29, 1.82) is 0 Å². The lowest BCUT2D eigenvalue weighted by Crippen LogP contribution is -2.39. The average molecular weight is 351 g/mol. The van der Waals surface area contributed by atoms with E-state index < -0.39 is 18.1 Å². The molecule has 0 aromatic heterocycles. The molecule has 5 nitrogen and oxygen atoms in total. The molecule has 0 unspecified atom stereocenters. The maximum absolute atomic E-state index is 12.7. The Kier molecular flexibility index (Phi) is 5.46.